The smallest absolute Gasteiger partial charge is 0.338 e. The molecule has 1 N–H and O–H groups in total. The van der Waals surface area contributed by atoms with Crippen molar-refractivity contribution in [1.82, 2.24) is 9.56 Å². The molecule has 0 saturated carbocycles. The van der Waals surface area contributed by atoms with Crippen molar-refractivity contribution in [3.63, 3.8) is 0 Å². The summed E-state index contributed by atoms with van der Waals surface area (Å²) in [6.45, 7) is 2.93. The Labute approximate surface area is 142 Å². The van der Waals surface area contributed by atoms with Gasteiger partial charge in [0.2, 0.25) is 5.91 Å². The van der Waals surface area contributed by atoms with Crippen LogP contribution in [-0.4, -0.2) is 21.4 Å². The fourth-order valence-electron chi connectivity index (χ4n) is 2.30. The van der Waals surface area contributed by atoms with E-state index in [4.69, 9.17) is 9.26 Å². The van der Waals surface area contributed by atoms with Crippen LogP contribution < -0.4 is 10.9 Å². The standard InChI is InChI=1S/C17H15N3O5/c1-10-6-15-19-14(8-16(22)20(15)25-10)9-24-17(23)12-4-3-5-13(7-12)18-11(2)21/h3-8H,9H2,1-2H3,(H,18,21). The molecule has 8 heteroatoms. The van der Waals surface area contributed by atoms with Crippen LogP contribution in [0.3, 0.4) is 0 Å². The molecule has 25 heavy (non-hydrogen) atoms. The first-order chi connectivity index (χ1) is 11.9. The van der Waals surface area contributed by atoms with Crippen LogP contribution in [0.15, 0.2) is 45.7 Å². The van der Waals surface area contributed by atoms with Crippen molar-refractivity contribution in [3.8, 4) is 0 Å². The van der Waals surface area contributed by atoms with Gasteiger partial charge in [0.15, 0.2) is 5.65 Å². The molecule has 0 aliphatic carbocycles. The summed E-state index contributed by atoms with van der Waals surface area (Å²) in [6, 6.07) is 9.23. The van der Waals surface area contributed by atoms with Crippen LogP contribution in [0.4, 0.5) is 5.69 Å². The quantitative estimate of drug-likeness (QED) is 0.727. The molecule has 0 radical (unpaired) electrons. The van der Waals surface area contributed by atoms with Crippen LogP contribution in [0.2, 0.25) is 0 Å². The number of nitrogens with zero attached hydrogens (tertiary/aromatic N) is 2. The third-order valence-electron chi connectivity index (χ3n) is 3.29. The molecule has 0 unspecified atom stereocenters. The third kappa shape index (κ3) is 3.74. The number of ether oxygens (including phenoxy) is 1. The lowest BCUT2D eigenvalue weighted by Gasteiger charge is -2.06. The summed E-state index contributed by atoms with van der Waals surface area (Å²) in [6.07, 6.45) is 0. The van der Waals surface area contributed by atoms with Gasteiger partial charge < -0.3 is 14.6 Å². The number of anilines is 1. The van der Waals surface area contributed by atoms with Gasteiger partial charge in [-0.05, 0) is 25.1 Å². The highest BCUT2D eigenvalue weighted by molar-refractivity contribution is 5.93. The zero-order chi connectivity index (χ0) is 18.0. The Bertz CT molecular complexity index is 1020. The zero-order valence-corrected chi connectivity index (χ0v) is 13.6. The molecule has 1 amide bonds. The van der Waals surface area contributed by atoms with E-state index in [1.807, 2.05) is 0 Å². The molecule has 8 nitrogen and oxygen atoms in total. The molecule has 0 aliphatic rings. The van der Waals surface area contributed by atoms with Gasteiger partial charge in [-0.15, -0.1) is 4.57 Å². The van der Waals surface area contributed by atoms with E-state index in [0.29, 0.717) is 22.8 Å². The molecule has 128 valence electrons. The summed E-state index contributed by atoms with van der Waals surface area (Å²) in [5.41, 5.74) is 1.05. The van der Waals surface area contributed by atoms with Crippen molar-refractivity contribution in [2.24, 2.45) is 0 Å². The molecule has 0 saturated heterocycles. The molecular weight excluding hydrogens is 326 g/mol. The van der Waals surface area contributed by atoms with Crippen LogP contribution in [0, 0.1) is 6.92 Å². The first-order valence-electron chi connectivity index (χ1n) is 7.47. The summed E-state index contributed by atoms with van der Waals surface area (Å²) < 4.78 is 11.5. The number of aryl methyl sites for hydroxylation is 1. The first-order valence-corrected chi connectivity index (χ1v) is 7.47. The largest absolute Gasteiger partial charge is 0.456 e. The Morgan fingerprint density at radius 1 is 1.28 bits per heavy atom. The minimum Gasteiger partial charge on any atom is -0.456 e. The van der Waals surface area contributed by atoms with Crippen molar-refractivity contribution in [2.45, 2.75) is 20.5 Å². The lowest BCUT2D eigenvalue weighted by atomic mass is 10.2. The number of nitrogens with one attached hydrogen (secondary N) is 1. The van der Waals surface area contributed by atoms with Crippen molar-refractivity contribution in [2.75, 3.05) is 5.32 Å². The van der Waals surface area contributed by atoms with Crippen LogP contribution in [0.1, 0.15) is 28.7 Å². The van der Waals surface area contributed by atoms with Crippen molar-refractivity contribution in [3.05, 3.63) is 63.8 Å². The number of carbonyl (C=O) groups excluding carboxylic acids is 2. The fourth-order valence-corrected chi connectivity index (χ4v) is 2.30. The first kappa shape index (κ1) is 16.4. The number of hydrogen-bond donors (Lipinski definition) is 1. The van der Waals surface area contributed by atoms with E-state index >= 15 is 0 Å². The van der Waals surface area contributed by atoms with E-state index in [2.05, 4.69) is 10.3 Å². The maximum atomic E-state index is 12.1. The van der Waals surface area contributed by atoms with E-state index in [1.165, 1.54) is 19.1 Å². The van der Waals surface area contributed by atoms with E-state index < -0.39 is 11.5 Å². The average Bonchev–Trinajstić information content (AvgIpc) is 2.93. The topological polar surface area (TPSA) is 103 Å². The van der Waals surface area contributed by atoms with Gasteiger partial charge in [0.05, 0.1) is 11.3 Å². The highest BCUT2D eigenvalue weighted by Gasteiger charge is 2.11. The van der Waals surface area contributed by atoms with E-state index in [0.717, 1.165) is 4.57 Å². The maximum absolute atomic E-state index is 12.1. The predicted molar refractivity (Wildman–Crippen MR) is 88.3 cm³/mol. The van der Waals surface area contributed by atoms with Crippen molar-refractivity contribution in [1.29, 1.82) is 0 Å². The van der Waals surface area contributed by atoms with Gasteiger partial charge in [-0.1, -0.05) is 6.07 Å². The van der Waals surface area contributed by atoms with Gasteiger partial charge in [0, 0.05) is 24.7 Å². The number of benzene rings is 1. The summed E-state index contributed by atoms with van der Waals surface area (Å²) in [7, 11) is 0. The van der Waals surface area contributed by atoms with Gasteiger partial charge in [-0.25, -0.2) is 9.78 Å². The van der Waals surface area contributed by atoms with Crippen LogP contribution in [-0.2, 0) is 16.1 Å². The molecular formula is C17H15N3O5. The molecule has 0 aliphatic heterocycles. The van der Waals surface area contributed by atoms with Crippen molar-refractivity contribution >= 4 is 23.2 Å². The predicted octanol–water partition coefficient (Wildman–Crippen LogP) is 1.91. The van der Waals surface area contributed by atoms with Gasteiger partial charge in [-0.3, -0.25) is 9.59 Å². The highest BCUT2D eigenvalue weighted by Crippen LogP contribution is 2.13. The Balaban J connectivity index is 1.74. The van der Waals surface area contributed by atoms with Crippen LogP contribution >= 0.6 is 0 Å². The van der Waals surface area contributed by atoms with E-state index in [-0.39, 0.29) is 18.1 Å². The second kappa shape index (κ2) is 6.60. The van der Waals surface area contributed by atoms with E-state index in [1.54, 1.807) is 31.2 Å². The number of aromatic nitrogens is 2. The maximum Gasteiger partial charge on any atom is 0.338 e. The molecule has 0 bridgehead atoms. The number of esters is 1. The lowest BCUT2D eigenvalue weighted by molar-refractivity contribution is -0.114. The summed E-state index contributed by atoms with van der Waals surface area (Å²) in [4.78, 5) is 39.4. The average molecular weight is 341 g/mol. The van der Waals surface area contributed by atoms with Crippen LogP contribution in [0.5, 0.6) is 0 Å². The number of hydrogen-bond acceptors (Lipinski definition) is 6. The number of fused-ring (bicyclic) bond motifs is 1. The van der Waals surface area contributed by atoms with Gasteiger partial charge in [0.1, 0.15) is 12.4 Å². The zero-order valence-electron chi connectivity index (χ0n) is 13.6. The number of carbonyl (C=O) groups is 2. The summed E-state index contributed by atoms with van der Waals surface area (Å²) >= 11 is 0. The van der Waals surface area contributed by atoms with Gasteiger partial charge in [0.25, 0.3) is 5.56 Å². The lowest BCUT2D eigenvalue weighted by Crippen LogP contribution is -2.15. The summed E-state index contributed by atoms with van der Waals surface area (Å²) in [5, 5.41) is 2.59. The third-order valence-corrected chi connectivity index (χ3v) is 3.29. The summed E-state index contributed by atoms with van der Waals surface area (Å²) in [5.74, 6) is -0.273. The van der Waals surface area contributed by atoms with Crippen molar-refractivity contribution < 1.29 is 18.8 Å². The molecule has 0 atom stereocenters. The van der Waals surface area contributed by atoms with Gasteiger partial charge in [-0.2, -0.15) is 0 Å². The second-order valence-electron chi connectivity index (χ2n) is 5.42. The normalized spacial score (nSPS) is 10.6. The second-order valence-corrected chi connectivity index (χ2v) is 5.42. The van der Waals surface area contributed by atoms with Crippen LogP contribution in [0.25, 0.3) is 5.65 Å². The minimum atomic E-state index is -0.586. The molecule has 2 aromatic heterocycles. The molecule has 3 rings (SSSR count). The number of amides is 1. The number of rotatable bonds is 4. The Morgan fingerprint density at radius 3 is 2.84 bits per heavy atom. The highest BCUT2D eigenvalue weighted by atomic mass is 16.5. The van der Waals surface area contributed by atoms with Gasteiger partial charge >= 0.3 is 5.97 Å². The molecule has 3 aromatic rings. The Kier molecular flexibility index (Phi) is 4.34. The Morgan fingerprint density at radius 2 is 2.08 bits per heavy atom. The minimum absolute atomic E-state index is 0.154. The molecule has 2 heterocycles. The van der Waals surface area contributed by atoms with E-state index in [9.17, 15) is 14.4 Å². The Hall–Kier alpha value is -3.42. The fraction of sp³-hybridized carbons (Fsp3) is 0.176. The SMILES string of the molecule is CC(=O)Nc1cccc(C(=O)OCc2cc(=O)n3oc(C)cc3n2)c1. The molecule has 0 fully saturated rings. The molecule has 0 spiro atoms. The molecule has 1 aromatic carbocycles. The monoisotopic (exact) mass is 341 g/mol.